The van der Waals surface area contributed by atoms with Crippen LogP contribution in [0.25, 0.3) is 11.0 Å². The zero-order valence-corrected chi connectivity index (χ0v) is 12.3. The van der Waals surface area contributed by atoms with Crippen molar-refractivity contribution in [2.24, 2.45) is 0 Å². The number of hydrogen-bond acceptors (Lipinski definition) is 3. The summed E-state index contributed by atoms with van der Waals surface area (Å²) in [6, 6.07) is 9.20. The van der Waals surface area contributed by atoms with Gasteiger partial charge in [0.05, 0.1) is 16.7 Å². The number of benzene rings is 1. The smallest absolute Gasteiger partial charge is 0.151 e. The zero-order chi connectivity index (χ0) is 13.7. The number of halogens is 1. The van der Waals surface area contributed by atoms with Crippen molar-refractivity contribution in [3.8, 4) is 0 Å². The van der Waals surface area contributed by atoms with Gasteiger partial charge in [-0.3, -0.25) is 0 Å². The van der Waals surface area contributed by atoms with E-state index in [4.69, 9.17) is 21.6 Å². The Morgan fingerprint density at radius 2 is 1.65 bits per heavy atom. The van der Waals surface area contributed by atoms with Crippen LogP contribution in [-0.2, 0) is 0 Å². The van der Waals surface area contributed by atoms with E-state index < -0.39 is 0 Å². The molecule has 20 heavy (non-hydrogen) atoms. The Balaban J connectivity index is 1.80. The van der Waals surface area contributed by atoms with Crippen LogP contribution in [0.15, 0.2) is 24.3 Å². The van der Waals surface area contributed by atoms with Gasteiger partial charge in [0.15, 0.2) is 5.82 Å². The lowest BCUT2D eigenvalue weighted by molar-refractivity contribution is 0.469. The van der Waals surface area contributed by atoms with E-state index in [9.17, 15) is 0 Å². The summed E-state index contributed by atoms with van der Waals surface area (Å²) in [4.78, 5) is 12.1. The van der Waals surface area contributed by atoms with E-state index in [1.807, 2.05) is 24.3 Å². The summed E-state index contributed by atoms with van der Waals surface area (Å²) in [5.41, 5.74) is 3.00. The Bertz CT molecular complexity index is 643. The van der Waals surface area contributed by atoms with Crippen molar-refractivity contribution in [1.29, 1.82) is 0 Å². The molecule has 0 aliphatic carbocycles. The maximum Gasteiger partial charge on any atom is 0.151 e. The average Bonchev–Trinajstić information content (AvgIpc) is 2.70. The highest BCUT2D eigenvalue weighted by atomic mass is 35.5. The minimum absolute atomic E-state index is 0.331. The van der Waals surface area contributed by atoms with Crippen LogP contribution in [0.4, 0.5) is 5.82 Å². The molecule has 2 unspecified atom stereocenters. The van der Waals surface area contributed by atoms with E-state index in [1.54, 1.807) is 0 Å². The molecule has 1 aromatic heterocycles. The molecule has 3 heterocycles. The maximum atomic E-state index is 6.37. The second-order valence-corrected chi connectivity index (χ2v) is 6.60. The SMILES string of the molecule is Cc1nc2ccccc2nc1N1C2CCC1CC(Cl)C2. The van der Waals surface area contributed by atoms with E-state index in [1.165, 1.54) is 12.8 Å². The fourth-order valence-electron chi connectivity index (χ4n) is 3.78. The molecule has 3 nitrogen and oxygen atoms in total. The first kappa shape index (κ1) is 12.4. The Labute approximate surface area is 124 Å². The van der Waals surface area contributed by atoms with Crippen LogP contribution in [0.1, 0.15) is 31.4 Å². The van der Waals surface area contributed by atoms with Crippen molar-refractivity contribution in [1.82, 2.24) is 9.97 Å². The Kier molecular flexibility index (Phi) is 2.84. The third-order valence-corrected chi connectivity index (χ3v) is 5.00. The van der Waals surface area contributed by atoms with Gasteiger partial charge in [-0.05, 0) is 44.7 Å². The summed E-state index contributed by atoms with van der Waals surface area (Å²) in [5.74, 6) is 1.07. The second kappa shape index (κ2) is 4.59. The summed E-state index contributed by atoms with van der Waals surface area (Å²) in [6.45, 7) is 2.07. The van der Waals surface area contributed by atoms with Crippen molar-refractivity contribution >= 4 is 28.5 Å². The molecule has 4 heteroatoms. The summed E-state index contributed by atoms with van der Waals surface area (Å²) < 4.78 is 0. The largest absolute Gasteiger partial charge is 0.349 e. The van der Waals surface area contributed by atoms with Gasteiger partial charge < -0.3 is 4.90 Å². The van der Waals surface area contributed by atoms with Gasteiger partial charge in [0.25, 0.3) is 0 Å². The monoisotopic (exact) mass is 287 g/mol. The highest BCUT2D eigenvalue weighted by Gasteiger charge is 2.41. The van der Waals surface area contributed by atoms with Crippen LogP contribution in [0, 0.1) is 6.92 Å². The third kappa shape index (κ3) is 1.87. The number of alkyl halides is 1. The van der Waals surface area contributed by atoms with Crippen molar-refractivity contribution in [2.75, 3.05) is 4.90 Å². The normalized spacial score (nSPS) is 29.1. The Hall–Kier alpha value is -1.35. The van der Waals surface area contributed by atoms with Gasteiger partial charge in [-0.15, -0.1) is 11.6 Å². The predicted octanol–water partition coefficient (Wildman–Crippen LogP) is 3.68. The molecular weight excluding hydrogens is 270 g/mol. The minimum Gasteiger partial charge on any atom is -0.349 e. The third-order valence-electron chi connectivity index (χ3n) is 4.64. The predicted molar refractivity (Wildman–Crippen MR) is 82.4 cm³/mol. The Morgan fingerprint density at radius 3 is 2.30 bits per heavy atom. The molecule has 1 aromatic carbocycles. The van der Waals surface area contributed by atoms with Gasteiger partial charge >= 0.3 is 0 Å². The quantitative estimate of drug-likeness (QED) is 0.749. The standard InChI is InChI=1S/C16H18ClN3/c1-10-16(19-15-5-3-2-4-14(15)18-10)20-12-6-7-13(20)9-11(17)8-12/h2-5,11-13H,6-9H2,1H3. The number of rotatable bonds is 1. The molecular formula is C16H18ClN3. The minimum atomic E-state index is 0.331. The van der Waals surface area contributed by atoms with Gasteiger partial charge in [0.1, 0.15) is 0 Å². The molecule has 4 rings (SSSR count). The molecule has 104 valence electrons. The summed E-state index contributed by atoms with van der Waals surface area (Å²) in [7, 11) is 0. The van der Waals surface area contributed by atoms with Gasteiger partial charge in [0, 0.05) is 17.5 Å². The van der Waals surface area contributed by atoms with E-state index in [2.05, 4.69) is 11.8 Å². The summed E-state index contributed by atoms with van der Waals surface area (Å²) >= 11 is 6.37. The second-order valence-electron chi connectivity index (χ2n) is 5.98. The molecule has 2 aromatic rings. The molecule has 0 amide bonds. The van der Waals surface area contributed by atoms with Crippen LogP contribution in [0.5, 0.6) is 0 Å². The molecule has 0 N–H and O–H groups in total. The molecule has 2 atom stereocenters. The van der Waals surface area contributed by atoms with Gasteiger partial charge in [-0.2, -0.15) is 0 Å². The summed E-state index contributed by atoms with van der Waals surface area (Å²) in [6.07, 6.45) is 4.63. The van der Waals surface area contributed by atoms with E-state index in [-0.39, 0.29) is 0 Å². The fourth-order valence-corrected chi connectivity index (χ4v) is 4.19. The van der Waals surface area contributed by atoms with Crippen molar-refractivity contribution in [3.63, 3.8) is 0 Å². The highest BCUT2D eigenvalue weighted by molar-refractivity contribution is 6.20. The number of aromatic nitrogens is 2. The molecule has 2 saturated heterocycles. The zero-order valence-electron chi connectivity index (χ0n) is 11.6. The lowest BCUT2D eigenvalue weighted by atomic mass is 10.0. The van der Waals surface area contributed by atoms with Crippen LogP contribution < -0.4 is 4.90 Å². The molecule has 0 spiro atoms. The molecule has 0 saturated carbocycles. The summed E-state index contributed by atoms with van der Waals surface area (Å²) in [5, 5.41) is 0.331. The van der Waals surface area contributed by atoms with Gasteiger partial charge in [0.2, 0.25) is 0 Å². The lowest BCUT2D eigenvalue weighted by Gasteiger charge is -2.38. The molecule has 2 fully saturated rings. The van der Waals surface area contributed by atoms with Crippen molar-refractivity contribution < 1.29 is 0 Å². The van der Waals surface area contributed by atoms with Crippen molar-refractivity contribution in [3.05, 3.63) is 30.0 Å². The van der Waals surface area contributed by atoms with Gasteiger partial charge in [-0.1, -0.05) is 12.1 Å². The number of hydrogen-bond donors (Lipinski definition) is 0. The van der Waals surface area contributed by atoms with Crippen LogP contribution in [0.2, 0.25) is 0 Å². The Morgan fingerprint density at radius 1 is 1.05 bits per heavy atom. The van der Waals surface area contributed by atoms with Crippen LogP contribution in [-0.4, -0.2) is 27.4 Å². The molecule has 2 bridgehead atoms. The number of fused-ring (bicyclic) bond motifs is 3. The first-order chi connectivity index (χ1) is 9.72. The number of nitrogens with zero attached hydrogens (tertiary/aromatic N) is 3. The maximum absolute atomic E-state index is 6.37. The van der Waals surface area contributed by atoms with E-state index in [0.29, 0.717) is 17.5 Å². The number of piperidine rings is 1. The highest BCUT2D eigenvalue weighted by Crippen LogP contribution is 2.41. The van der Waals surface area contributed by atoms with Crippen molar-refractivity contribution in [2.45, 2.75) is 50.1 Å². The first-order valence-electron chi connectivity index (χ1n) is 7.38. The topological polar surface area (TPSA) is 29.0 Å². The number of aryl methyl sites for hydroxylation is 1. The first-order valence-corrected chi connectivity index (χ1v) is 7.82. The molecule has 2 aliphatic rings. The molecule has 0 radical (unpaired) electrons. The molecule has 2 aliphatic heterocycles. The lowest BCUT2D eigenvalue weighted by Crippen LogP contribution is -2.44. The number of anilines is 1. The number of para-hydroxylation sites is 2. The average molecular weight is 288 g/mol. The fraction of sp³-hybridized carbons (Fsp3) is 0.500. The van der Waals surface area contributed by atoms with Gasteiger partial charge in [-0.25, -0.2) is 9.97 Å². The van der Waals surface area contributed by atoms with E-state index >= 15 is 0 Å². The van der Waals surface area contributed by atoms with Crippen LogP contribution in [0.3, 0.4) is 0 Å². The van der Waals surface area contributed by atoms with E-state index in [0.717, 1.165) is 35.4 Å². The van der Waals surface area contributed by atoms with Crippen LogP contribution >= 0.6 is 11.6 Å².